The number of amides is 2. The number of rotatable bonds is 11. The zero-order chi connectivity index (χ0) is 30.3. The van der Waals surface area contributed by atoms with Gasteiger partial charge in [0, 0.05) is 31.2 Å². The predicted octanol–water partition coefficient (Wildman–Crippen LogP) is 2.54. The summed E-state index contributed by atoms with van der Waals surface area (Å²) >= 11 is 1.04. The van der Waals surface area contributed by atoms with Crippen LogP contribution in [0.5, 0.6) is 0 Å². The maximum absolute atomic E-state index is 13.5. The molecule has 0 spiro atoms. The van der Waals surface area contributed by atoms with Crippen molar-refractivity contribution in [3.05, 3.63) is 47.0 Å². The Bertz CT molecular complexity index is 1320. The van der Waals surface area contributed by atoms with Crippen LogP contribution in [0.1, 0.15) is 51.3 Å². The number of anilines is 1. The first kappa shape index (κ1) is 31.1. The number of hydrogen-bond acceptors (Lipinski definition) is 12. The standard InChI is InChI=1S/C28H35N5O8S/c1-27(2,3)40-26(37)32-25-31-20(16-42-25)22(21(34)13-18-19(14-29)30-23(18)35)33-41-28(9-11-38-12-10-28)24(36)39-15-17-7-5-4-6-8-17/h4-8,16,18-19H,9-15,29H2,1-3H3,(H,30,35)(H,31,32,37)/b33-22-/t18-,19+/m0/s1. The highest BCUT2D eigenvalue weighted by Crippen LogP contribution is 2.29. The monoisotopic (exact) mass is 601 g/mol. The first-order valence-corrected chi connectivity index (χ1v) is 14.4. The molecule has 2 aromatic rings. The first-order chi connectivity index (χ1) is 20.0. The summed E-state index contributed by atoms with van der Waals surface area (Å²) in [5.74, 6) is -2.12. The molecule has 0 aliphatic carbocycles. The van der Waals surface area contributed by atoms with Crippen molar-refractivity contribution in [3.63, 3.8) is 0 Å². The fourth-order valence-corrected chi connectivity index (χ4v) is 5.01. The number of ether oxygens (including phenoxy) is 3. The van der Waals surface area contributed by atoms with Crippen molar-refractivity contribution in [2.24, 2.45) is 16.8 Å². The number of Topliss-reactive ketones (excluding diaryl/α,β-unsaturated/α-hetero) is 1. The molecule has 13 nitrogen and oxygen atoms in total. The Morgan fingerprint density at radius 2 is 1.93 bits per heavy atom. The molecule has 0 unspecified atom stereocenters. The van der Waals surface area contributed by atoms with Gasteiger partial charge in [0.05, 0.1) is 25.2 Å². The molecule has 0 saturated carbocycles. The number of hydrogen-bond donors (Lipinski definition) is 3. The predicted molar refractivity (Wildman–Crippen MR) is 153 cm³/mol. The Labute approximate surface area is 247 Å². The third kappa shape index (κ3) is 7.89. The number of nitrogens with zero attached hydrogens (tertiary/aromatic N) is 2. The van der Waals surface area contributed by atoms with E-state index in [2.05, 4.69) is 20.8 Å². The second kappa shape index (κ2) is 13.4. The van der Waals surface area contributed by atoms with Gasteiger partial charge in [-0.1, -0.05) is 35.5 Å². The van der Waals surface area contributed by atoms with Gasteiger partial charge in [0.2, 0.25) is 11.5 Å². The molecule has 2 aliphatic heterocycles. The molecule has 2 aliphatic rings. The van der Waals surface area contributed by atoms with Crippen molar-refractivity contribution in [2.75, 3.05) is 25.1 Å². The number of thiazole rings is 1. The van der Waals surface area contributed by atoms with Gasteiger partial charge in [-0.05, 0) is 26.3 Å². The van der Waals surface area contributed by atoms with E-state index in [1.165, 1.54) is 5.38 Å². The van der Waals surface area contributed by atoms with Gasteiger partial charge >= 0.3 is 12.1 Å². The zero-order valence-corrected chi connectivity index (χ0v) is 24.5. The van der Waals surface area contributed by atoms with Gasteiger partial charge in [-0.3, -0.25) is 14.9 Å². The van der Waals surface area contributed by atoms with Crippen LogP contribution in [0.2, 0.25) is 0 Å². The summed E-state index contributed by atoms with van der Waals surface area (Å²) in [6.07, 6.45) is -0.622. The molecular weight excluding hydrogens is 566 g/mol. The lowest BCUT2D eigenvalue weighted by atomic mass is 9.85. The highest BCUT2D eigenvalue weighted by Gasteiger charge is 2.46. The van der Waals surface area contributed by atoms with Gasteiger partial charge in [0.15, 0.2) is 16.6 Å². The summed E-state index contributed by atoms with van der Waals surface area (Å²) in [6.45, 7) is 5.82. The van der Waals surface area contributed by atoms with Crippen molar-refractivity contribution in [3.8, 4) is 0 Å². The highest BCUT2D eigenvalue weighted by atomic mass is 32.1. The largest absolute Gasteiger partial charge is 0.458 e. The number of benzene rings is 1. The summed E-state index contributed by atoms with van der Waals surface area (Å²) in [6, 6.07) is 8.84. The van der Waals surface area contributed by atoms with E-state index in [0.29, 0.717) is 0 Å². The molecule has 2 amide bonds. The number of aromatic nitrogens is 1. The molecule has 4 rings (SSSR count). The lowest BCUT2D eigenvalue weighted by Crippen LogP contribution is -2.61. The Morgan fingerprint density at radius 1 is 1.21 bits per heavy atom. The third-order valence-corrected chi connectivity index (χ3v) is 7.38. The average Bonchev–Trinajstić information content (AvgIpc) is 3.41. The van der Waals surface area contributed by atoms with Crippen LogP contribution in [0.3, 0.4) is 0 Å². The van der Waals surface area contributed by atoms with Crippen LogP contribution in [0.4, 0.5) is 9.93 Å². The first-order valence-electron chi connectivity index (χ1n) is 13.5. The number of nitrogens with two attached hydrogens (primary N) is 1. The number of oxime groups is 1. The molecule has 1 aromatic heterocycles. The lowest BCUT2D eigenvalue weighted by Gasteiger charge is -2.35. The number of carbonyl (C=O) groups excluding carboxylic acids is 4. The molecule has 2 atom stereocenters. The van der Waals surface area contributed by atoms with Gasteiger partial charge in [-0.25, -0.2) is 14.6 Å². The minimum Gasteiger partial charge on any atom is -0.458 e. The van der Waals surface area contributed by atoms with Gasteiger partial charge < -0.3 is 30.1 Å². The zero-order valence-electron chi connectivity index (χ0n) is 23.7. The molecule has 2 fully saturated rings. The van der Waals surface area contributed by atoms with Crippen molar-refractivity contribution in [1.82, 2.24) is 10.3 Å². The Hall–Kier alpha value is -3.88. The molecule has 0 bridgehead atoms. The minimum atomic E-state index is -1.50. The van der Waals surface area contributed by atoms with E-state index in [-0.39, 0.29) is 74.1 Å². The van der Waals surface area contributed by atoms with Crippen LogP contribution in [0.15, 0.2) is 40.9 Å². The van der Waals surface area contributed by atoms with Crippen molar-refractivity contribution < 1.29 is 38.2 Å². The number of β-lactam (4-membered cyclic amide) rings is 1. The van der Waals surface area contributed by atoms with E-state index in [1.807, 2.05) is 30.3 Å². The SMILES string of the molecule is CC(C)(C)OC(=O)Nc1nc(/C(=N/OC2(C(=O)OCc3ccccc3)CCOCC2)C(=O)C[C@@H]2C(=O)N[C@@H]2CN)cs1. The molecule has 3 heterocycles. The molecule has 42 heavy (non-hydrogen) atoms. The highest BCUT2D eigenvalue weighted by molar-refractivity contribution is 7.14. The summed E-state index contributed by atoms with van der Waals surface area (Å²) in [5.41, 5.74) is 4.18. The molecule has 0 radical (unpaired) electrons. The van der Waals surface area contributed by atoms with Crippen LogP contribution < -0.4 is 16.4 Å². The second-order valence-corrected chi connectivity index (χ2v) is 11.8. The van der Waals surface area contributed by atoms with Gasteiger partial charge in [-0.2, -0.15) is 0 Å². The topological polar surface area (TPSA) is 181 Å². The van der Waals surface area contributed by atoms with E-state index in [1.54, 1.807) is 20.8 Å². The van der Waals surface area contributed by atoms with Gasteiger partial charge in [0.25, 0.3) is 0 Å². The molecule has 226 valence electrons. The van der Waals surface area contributed by atoms with Crippen LogP contribution in [0.25, 0.3) is 0 Å². The Balaban J connectivity index is 1.58. The molecule has 2 saturated heterocycles. The fraction of sp³-hybridized carbons (Fsp3) is 0.500. The number of esters is 1. The van der Waals surface area contributed by atoms with Crippen molar-refractivity contribution in [1.29, 1.82) is 0 Å². The minimum absolute atomic E-state index is 0.0319. The van der Waals surface area contributed by atoms with Crippen LogP contribution in [-0.2, 0) is 40.0 Å². The summed E-state index contributed by atoms with van der Waals surface area (Å²) in [7, 11) is 0. The molecule has 14 heteroatoms. The average molecular weight is 602 g/mol. The second-order valence-electron chi connectivity index (χ2n) is 10.9. The molecule has 1 aromatic carbocycles. The third-order valence-electron chi connectivity index (χ3n) is 6.63. The van der Waals surface area contributed by atoms with Crippen LogP contribution in [0, 0.1) is 5.92 Å². The Morgan fingerprint density at radius 3 is 2.57 bits per heavy atom. The maximum Gasteiger partial charge on any atom is 0.413 e. The smallest absolute Gasteiger partial charge is 0.413 e. The summed E-state index contributed by atoms with van der Waals surface area (Å²) < 4.78 is 16.3. The van der Waals surface area contributed by atoms with Gasteiger partial charge in [0.1, 0.15) is 17.9 Å². The van der Waals surface area contributed by atoms with Crippen LogP contribution in [-0.4, -0.2) is 71.5 Å². The fourth-order valence-electron chi connectivity index (χ4n) is 4.32. The Kier molecular flexibility index (Phi) is 9.91. The van der Waals surface area contributed by atoms with Crippen molar-refractivity contribution >= 4 is 45.9 Å². The van der Waals surface area contributed by atoms with E-state index in [9.17, 15) is 19.2 Å². The number of ketones is 1. The normalized spacial score (nSPS) is 20.1. The van der Waals surface area contributed by atoms with Crippen molar-refractivity contribution in [2.45, 2.75) is 63.9 Å². The molecular formula is C28H35N5O8S. The number of carbonyl (C=O) groups is 4. The quantitative estimate of drug-likeness (QED) is 0.150. The van der Waals surface area contributed by atoms with Gasteiger partial charge in [-0.15, -0.1) is 11.3 Å². The summed E-state index contributed by atoms with van der Waals surface area (Å²) in [4.78, 5) is 61.4. The summed E-state index contributed by atoms with van der Waals surface area (Å²) in [5, 5.41) is 11.0. The molecule has 4 N–H and O–H groups in total. The van der Waals surface area contributed by atoms with Crippen LogP contribution >= 0.6 is 11.3 Å². The van der Waals surface area contributed by atoms with E-state index in [0.717, 1.165) is 16.9 Å². The number of nitrogens with one attached hydrogen (secondary N) is 2. The lowest BCUT2D eigenvalue weighted by molar-refractivity contribution is -0.186. The van der Waals surface area contributed by atoms with E-state index >= 15 is 0 Å². The van der Waals surface area contributed by atoms with E-state index in [4.69, 9.17) is 24.8 Å². The maximum atomic E-state index is 13.5. The van der Waals surface area contributed by atoms with E-state index < -0.39 is 35.0 Å².